The molecule has 1 heterocycles. The first-order valence-electron chi connectivity index (χ1n) is 7.49. The molecule has 1 aliphatic heterocycles. The van der Waals surface area contributed by atoms with Crippen molar-refractivity contribution < 1.29 is 9.18 Å². The molecule has 1 aliphatic carbocycles. The third-order valence-electron chi connectivity index (χ3n) is 4.18. The van der Waals surface area contributed by atoms with E-state index in [2.05, 4.69) is 5.32 Å². The van der Waals surface area contributed by atoms with E-state index in [0.717, 1.165) is 44.3 Å². The highest BCUT2D eigenvalue weighted by Gasteiger charge is 2.36. The van der Waals surface area contributed by atoms with Gasteiger partial charge < -0.3 is 10.2 Å². The zero-order valence-corrected chi connectivity index (χ0v) is 12.9. The van der Waals surface area contributed by atoms with Crippen LogP contribution in [0.1, 0.15) is 31.2 Å². The van der Waals surface area contributed by atoms with Crippen LogP contribution in [0.5, 0.6) is 0 Å². The fourth-order valence-corrected chi connectivity index (χ4v) is 2.86. The summed E-state index contributed by atoms with van der Waals surface area (Å²) in [6, 6.07) is 6.88. The highest BCUT2D eigenvalue weighted by atomic mass is 35.5. The summed E-state index contributed by atoms with van der Waals surface area (Å²) in [6.07, 6.45) is 4.27. The van der Waals surface area contributed by atoms with Gasteiger partial charge in [0, 0.05) is 19.1 Å². The first-order chi connectivity index (χ1) is 9.74. The molecule has 1 amide bonds. The number of carbonyl (C=O) groups excluding carboxylic acids is 1. The Morgan fingerprint density at radius 2 is 1.95 bits per heavy atom. The van der Waals surface area contributed by atoms with Crippen molar-refractivity contribution in [2.45, 2.75) is 38.3 Å². The Bertz CT molecular complexity index is 470. The summed E-state index contributed by atoms with van der Waals surface area (Å²) in [7, 11) is 0. The van der Waals surface area contributed by atoms with Gasteiger partial charge in [-0.2, -0.15) is 0 Å². The quantitative estimate of drug-likeness (QED) is 0.927. The average molecular weight is 313 g/mol. The van der Waals surface area contributed by atoms with E-state index in [0.29, 0.717) is 12.6 Å². The van der Waals surface area contributed by atoms with E-state index >= 15 is 0 Å². The zero-order valence-electron chi connectivity index (χ0n) is 12.1. The number of nitrogens with zero attached hydrogens (tertiary/aromatic N) is 1. The minimum absolute atomic E-state index is 0. The van der Waals surface area contributed by atoms with Crippen molar-refractivity contribution in [3.05, 3.63) is 35.6 Å². The molecular formula is C16H22ClFN2O. The molecule has 2 fully saturated rings. The molecule has 0 radical (unpaired) electrons. The molecule has 0 spiro atoms. The monoisotopic (exact) mass is 312 g/mol. The third-order valence-corrected chi connectivity index (χ3v) is 4.18. The maximum absolute atomic E-state index is 13.0. The molecule has 1 aromatic carbocycles. The molecule has 0 unspecified atom stereocenters. The minimum atomic E-state index is -0.227. The topological polar surface area (TPSA) is 32.3 Å². The van der Waals surface area contributed by atoms with E-state index in [9.17, 15) is 9.18 Å². The van der Waals surface area contributed by atoms with Crippen molar-refractivity contribution in [1.82, 2.24) is 10.2 Å². The third kappa shape index (κ3) is 4.17. The standard InChI is InChI=1S/C16H21FN2O.ClH/c17-14-5-3-12(4-6-14)11-19(15-7-8-15)16(20)13-2-1-9-18-10-13;/h3-6,13,15,18H,1-2,7-11H2;1H/t13-;/m1./s1. The Labute approximate surface area is 131 Å². The second kappa shape index (κ2) is 7.23. The molecule has 116 valence electrons. The predicted molar refractivity (Wildman–Crippen MR) is 82.8 cm³/mol. The van der Waals surface area contributed by atoms with Crippen molar-refractivity contribution in [2.75, 3.05) is 13.1 Å². The van der Waals surface area contributed by atoms with Crippen LogP contribution in [0.3, 0.4) is 0 Å². The molecule has 1 N–H and O–H groups in total. The van der Waals surface area contributed by atoms with Crippen molar-refractivity contribution in [3.8, 4) is 0 Å². The molecule has 2 aliphatic rings. The Balaban J connectivity index is 0.00000161. The summed E-state index contributed by atoms with van der Waals surface area (Å²) in [6.45, 7) is 2.43. The fraction of sp³-hybridized carbons (Fsp3) is 0.562. The van der Waals surface area contributed by atoms with Crippen LogP contribution in [-0.4, -0.2) is 29.9 Å². The highest BCUT2D eigenvalue weighted by Crippen LogP contribution is 2.30. The number of carbonyl (C=O) groups is 1. The fourth-order valence-electron chi connectivity index (χ4n) is 2.86. The Morgan fingerprint density at radius 3 is 2.52 bits per heavy atom. The lowest BCUT2D eigenvalue weighted by molar-refractivity contribution is -0.137. The second-order valence-corrected chi connectivity index (χ2v) is 5.87. The predicted octanol–water partition coefficient (Wildman–Crippen LogP) is 2.74. The lowest BCUT2D eigenvalue weighted by Gasteiger charge is -2.30. The van der Waals surface area contributed by atoms with Gasteiger partial charge in [0.2, 0.25) is 5.91 Å². The highest BCUT2D eigenvalue weighted by molar-refractivity contribution is 5.85. The van der Waals surface area contributed by atoms with Gasteiger partial charge >= 0.3 is 0 Å². The number of amides is 1. The van der Waals surface area contributed by atoms with Gasteiger partial charge in [-0.25, -0.2) is 4.39 Å². The van der Waals surface area contributed by atoms with E-state index in [1.807, 2.05) is 4.90 Å². The SMILES string of the molecule is Cl.O=C([C@@H]1CCCNC1)N(Cc1ccc(F)cc1)C1CC1. The van der Waals surface area contributed by atoms with E-state index < -0.39 is 0 Å². The van der Waals surface area contributed by atoms with Gasteiger partial charge in [-0.1, -0.05) is 12.1 Å². The van der Waals surface area contributed by atoms with Gasteiger partial charge in [0.1, 0.15) is 5.82 Å². The normalized spacial score (nSPS) is 21.5. The number of piperidine rings is 1. The molecule has 1 saturated carbocycles. The lowest BCUT2D eigenvalue weighted by Crippen LogP contribution is -2.43. The van der Waals surface area contributed by atoms with Crippen molar-refractivity contribution in [1.29, 1.82) is 0 Å². The summed E-state index contributed by atoms with van der Waals surface area (Å²) in [4.78, 5) is 14.7. The number of rotatable bonds is 4. The number of halogens is 2. The van der Waals surface area contributed by atoms with E-state index in [-0.39, 0.29) is 30.0 Å². The largest absolute Gasteiger partial charge is 0.335 e. The smallest absolute Gasteiger partial charge is 0.227 e. The Morgan fingerprint density at radius 1 is 1.24 bits per heavy atom. The molecule has 5 heteroatoms. The van der Waals surface area contributed by atoms with Crippen LogP contribution in [0.15, 0.2) is 24.3 Å². The summed E-state index contributed by atoms with van der Waals surface area (Å²) in [5.74, 6) is 0.156. The van der Waals surface area contributed by atoms with Crippen molar-refractivity contribution in [2.24, 2.45) is 5.92 Å². The van der Waals surface area contributed by atoms with Crippen LogP contribution < -0.4 is 5.32 Å². The summed E-state index contributed by atoms with van der Waals surface area (Å²) < 4.78 is 13.0. The molecular weight excluding hydrogens is 291 g/mol. The van der Waals surface area contributed by atoms with Gasteiger partial charge in [-0.3, -0.25) is 4.79 Å². The van der Waals surface area contributed by atoms with Crippen molar-refractivity contribution >= 4 is 18.3 Å². The molecule has 0 aromatic heterocycles. The molecule has 1 atom stereocenters. The van der Waals surface area contributed by atoms with Gasteiger partial charge in [0.05, 0.1) is 5.92 Å². The summed E-state index contributed by atoms with van der Waals surface area (Å²) >= 11 is 0. The maximum Gasteiger partial charge on any atom is 0.227 e. The number of hydrogen-bond acceptors (Lipinski definition) is 2. The molecule has 3 nitrogen and oxygen atoms in total. The number of nitrogens with one attached hydrogen (secondary N) is 1. The van der Waals surface area contributed by atoms with Crippen LogP contribution in [0.4, 0.5) is 4.39 Å². The lowest BCUT2D eigenvalue weighted by atomic mass is 9.97. The van der Waals surface area contributed by atoms with Crippen LogP contribution in [0, 0.1) is 11.7 Å². The average Bonchev–Trinajstić information content (AvgIpc) is 3.31. The van der Waals surface area contributed by atoms with Crippen LogP contribution in [-0.2, 0) is 11.3 Å². The molecule has 0 bridgehead atoms. The maximum atomic E-state index is 13.0. The first kappa shape index (κ1) is 16.2. The van der Waals surface area contributed by atoms with Crippen LogP contribution in [0.2, 0.25) is 0 Å². The molecule has 3 rings (SSSR count). The molecule has 1 saturated heterocycles. The Kier molecular flexibility index (Phi) is 5.59. The minimum Gasteiger partial charge on any atom is -0.335 e. The van der Waals surface area contributed by atoms with Gasteiger partial charge in [-0.05, 0) is 49.9 Å². The van der Waals surface area contributed by atoms with E-state index in [1.54, 1.807) is 12.1 Å². The summed E-state index contributed by atoms with van der Waals surface area (Å²) in [5.41, 5.74) is 1.01. The molecule has 1 aromatic rings. The van der Waals surface area contributed by atoms with Gasteiger partial charge in [0.25, 0.3) is 0 Å². The van der Waals surface area contributed by atoms with Gasteiger partial charge in [-0.15, -0.1) is 12.4 Å². The van der Waals surface area contributed by atoms with Crippen LogP contribution >= 0.6 is 12.4 Å². The van der Waals surface area contributed by atoms with Crippen molar-refractivity contribution in [3.63, 3.8) is 0 Å². The Hall–Kier alpha value is -1.13. The first-order valence-corrected chi connectivity index (χ1v) is 7.49. The van der Waals surface area contributed by atoms with Crippen LogP contribution in [0.25, 0.3) is 0 Å². The number of hydrogen-bond donors (Lipinski definition) is 1. The zero-order chi connectivity index (χ0) is 13.9. The number of benzene rings is 1. The summed E-state index contributed by atoms with van der Waals surface area (Å²) in [5, 5.41) is 3.30. The van der Waals surface area contributed by atoms with E-state index in [4.69, 9.17) is 0 Å². The van der Waals surface area contributed by atoms with Gasteiger partial charge in [0.15, 0.2) is 0 Å². The molecule has 21 heavy (non-hydrogen) atoms. The van der Waals surface area contributed by atoms with E-state index in [1.165, 1.54) is 12.1 Å². The second-order valence-electron chi connectivity index (χ2n) is 5.87.